The van der Waals surface area contributed by atoms with Gasteiger partial charge in [0.05, 0.1) is 0 Å². The molecule has 1 aromatic carbocycles. The molecular weight excluding hydrogens is 210 g/mol. The highest BCUT2D eigenvalue weighted by molar-refractivity contribution is 5.15. The first kappa shape index (κ1) is 11.8. The van der Waals surface area contributed by atoms with E-state index in [2.05, 4.69) is 35.9 Å². The Morgan fingerprint density at radius 2 is 1.88 bits per heavy atom. The average Bonchev–Trinajstić information content (AvgIpc) is 2.37. The van der Waals surface area contributed by atoms with Crippen LogP contribution in [0.3, 0.4) is 0 Å². The first-order valence-corrected chi connectivity index (χ1v) is 5.92. The second kappa shape index (κ2) is 5.60. The SMILES string of the molecule is Cc1ccc[n+]([C@H](CO)Cc2ccccc2)c1. The molecule has 1 heterocycles. The molecule has 0 saturated heterocycles. The number of benzene rings is 1. The van der Waals surface area contributed by atoms with Crippen molar-refractivity contribution in [3.63, 3.8) is 0 Å². The molecule has 0 aliphatic carbocycles. The zero-order chi connectivity index (χ0) is 12.1. The van der Waals surface area contributed by atoms with E-state index in [9.17, 15) is 5.11 Å². The van der Waals surface area contributed by atoms with Gasteiger partial charge in [-0.1, -0.05) is 30.3 Å². The Bertz CT molecular complexity index is 467. The average molecular weight is 228 g/mol. The molecule has 2 rings (SSSR count). The summed E-state index contributed by atoms with van der Waals surface area (Å²) in [5, 5.41) is 9.51. The number of hydrogen-bond donors (Lipinski definition) is 1. The van der Waals surface area contributed by atoms with Crippen molar-refractivity contribution in [2.24, 2.45) is 0 Å². The van der Waals surface area contributed by atoms with Crippen molar-refractivity contribution in [3.8, 4) is 0 Å². The number of aromatic nitrogens is 1. The van der Waals surface area contributed by atoms with Gasteiger partial charge in [-0.05, 0) is 18.6 Å². The summed E-state index contributed by atoms with van der Waals surface area (Å²) in [4.78, 5) is 0. The second-order valence-corrected chi connectivity index (χ2v) is 4.35. The Morgan fingerprint density at radius 1 is 1.12 bits per heavy atom. The van der Waals surface area contributed by atoms with E-state index >= 15 is 0 Å². The number of aryl methyl sites for hydroxylation is 1. The van der Waals surface area contributed by atoms with Gasteiger partial charge in [-0.15, -0.1) is 0 Å². The molecular formula is C15H18NO+. The minimum atomic E-state index is 0.109. The number of aliphatic hydroxyl groups is 1. The minimum Gasteiger partial charge on any atom is -0.389 e. The molecule has 2 nitrogen and oxygen atoms in total. The first-order chi connectivity index (χ1) is 8.29. The van der Waals surface area contributed by atoms with Gasteiger partial charge >= 0.3 is 0 Å². The number of aliphatic hydroxyl groups excluding tert-OH is 1. The third-order valence-electron chi connectivity index (χ3n) is 2.92. The zero-order valence-electron chi connectivity index (χ0n) is 10.1. The monoisotopic (exact) mass is 228 g/mol. The van der Waals surface area contributed by atoms with Crippen LogP contribution >= 0.6 is 0 Å². The molecule has 1 atom stereocenters. The predicted octanol–water partition coefficient (Wildman–Crippen LogP) is 2.06. The van der Waals surface area contributed by atoms with Gasteiger partial charge in [0.2, 0.25) is 0 Å². The summed E-state index contributed by atoms with van der Waals surface area (Å²) in [7, 11) is 0. The lowest BCUT2D eigenvalue weighted by Crippen LogP contribution is -2.42. The molecule has 0 saturated carbocycles. The van der Waals surface area contributed by atoms with Crippen LogP contribution < -0.4 is 4.57 Å². The van der Waals surface area contributed by atoms with E-state index < -0.39 is 0 Å². The van der Waals surface area contributed by atoms with Gasteiger partial charge in [0.15, 0.2) is 18.4 Å². The summed E-state index contributed by atoms with van der Waals surface area (Å²) in [5.74, 6) is 0. The maximum atomic E-state index is 9.51. The summed E-state index contributed by atoms with van der Waals surface area (Å²) in [6.07, 6.45) is 4.94. The van der Waals surface area contributed by atoms with Gasteiger partial charge in [-0.3, -0.25) is 0 Å². The summed E-state index contributed by atoms with van der Waals surface area (Å²) in [6, 6.07) is 14.5. The highest BCUT2D eigenvalue weighted by Crippen LogP contribution is 2.08. The lowest BCUT2D eigenvalue weighted by atomic mass is 10.1. The van der Waals surface area contributed by atoms with Crippen LogP contribution in [0, 0.1) is 6.92 Å². The Labute approximate surface area is 102 Å². The van der Waals surface area contributed by atoms with E-state index in [1.165, 1.54) is 11.1 Å². The highest BCUT2D eigenvalue weighted by atomic mass is 16.3. The highest BCUT2D eigenvalue weighted by Gasteiger charge is 2.17. The van der Waals surface area contributed by atoms with Crippen LogP contribution in [-0.2, 0) is 6.42 Å². The van der Waals surface area contributed by atoms with Crippen LogP contribution in [0.1, 0.15) is 17.2 Å². The molecule has 0 radical (unpaired) electrons. The molecule has 0 amide bonds. The van der Waals surface area contributed by atoms with Crippen molar-refractivity contribution in [2.75, 3.05) is 6.61 Å². The minimum absolute atomic E-state index is 0.109. The fourth-order valence-electron chi connectivity index (χ4n) is 1.99. The van der Waals surface area contributed by atoms with E-state index in [-0.39, 0.29) is 12.6 Å². The van der Waals surface area contributed by atoms with Crippen molar-refractivity contribution in [3.05, 3.63) is 66.0 Å². The van der Waals surface area contributed by atoms with Gasteiger partial charge in [0, 0.05) is 18.1 Å². The van der Waals surface area contributed by atoms with Gasteiger partial charge in [0.1, 0.15) is 6.61 Å². The van der Waals surface area contributed by atoms with Crippen molar-refractivity contribution in [1.29, 1.82) is 0 Å². The molecule has 0 spiro atoms. The topological polar surface area (TPSA) is 24.1 Å². The molecule has 0 aliphatic heterocycles. The lowest BCUT2D eigenvalue weighted by Gasteiger charge is -2.10. The smallest absolute Gasteiger partial charge is 0.185 e. The molecule has 1 N–H and O–H groups in total. The molecule has 1 aromatic heterocycles. The Morgan fingerprint density at radius 3 is 2.53 bits per heavy atom. The summed E-state index contributed by atoms with van der Waals surface area (Å²) >= 11 is 0. The molecule has 17 heavy (non-hydrogen) atoms. The van der Waals surface area contributed by atoms with Crippen LogP contribution in [0.5, 0.6) is 0 Å². The predicted molar refractivity (Wildman–Crippen MR) is 67.6 cm³/mol. The Balaban J connectivity index is 2.17. The van der Waals surface area contributed by atoms with Crippen molar-refractivity contribution >= 4 is 0 Å². The van der Waals surface area contributed by atoms with Crippen molar-refractivity contribution in [2.45, 2.75) is 19.4 Å². The molecule has 0 unspecified atom stereocenters. The summed E-state index contributed by atoms with van der Waals surface area (Å²) < 4.78 is 2.09. The van der Waals surface area contributed by atoms with E-state index in [1.54, 1.807) is 0 Å². The third-order valence-corrected chi connectivity index (χ3v) is 2.92. The van der Waals surface area contributed by atoms with Crippen molar-refractivity contribution in [1.82, 2.24) is 0 Å². The van der Waals surface area contributed by atoms with Gasteiger partial charge in [-0.25, -0.2) is 0 Å². The van der Waals surface area contributed by atoms with E-state index in [0.29, 0.717) is 0 Å². The van der Waals surface area contributed by atoms with Gasteiger partial charge < -0.3 is 5.11 Å². The molecule has 0 aliphatic rings. The zero-order valence-corrected chi connectivity index (χ0v) is 10.1. The lowest BCUT2D eigenvalue weighted by molar-refractivity contribution is -0.724. The molecule has 88 valence electrons. The Hall–Kier alpha value is -1.67. The fourth-order valence-corrected chi connectivity index (χ4v) is 1.99. The Kier molecular flexibility index (Phi) is 3.89. The van der Waals surface area contributed by atoms with Crippen LogP contribution in [0.15, 0.2) is 54.9 Å². The number of hydrogen-bond acceptors (Lipinski definition) is 1. The molecule has 0 fully saturated rings. The largest absolute Gasteiger partial charge is 0.389 e. The molecule has 2 aromatic rings. The van der Waals surface area contributed by atoms with Crippen LogP contribution in [0.25, 0.3) is 0 Å². The number of rotatable bonds is 4. The quantitative estimate of drug-likeness (QED) is 0.796. The maximum absolute atomic E-state index is 9.51. The van der Waals surface area contributed by atoms with E-state index in [4.69, 9.17) is 0 Å². The van der Waals surface area contributed by atoms with Crippen LogP contribution in [-0.4, -0.2) is 11.7 Å². The van der Waals surface area contributed by atoms with Crippen LogP contribution in [0.2, 0.25) is 0 Å². The fraction of sp³-hybridized carbons (Fsp3) is 0.267. The third kappa shape index (κ3) is 3.14. The van der Waals surface area contributed by atoms with Crippen molar-refractivity contribution < 1.29 is 9.67 Å². The standard InChI is InChI=1S/C15H18NO/c1-13-6-5-9-16(11-13)15(12-17)10-14-7-3-2-4-8-14/h2-9,11,15,17H,10,12H2,1H3/q+1/t15-/m0/s1. The summed E-state index contributed by atoms with van der Waals surface area (Å²) in [6.45, 7) is 2.22. The molecule has 2 heteroatoms. The number of nitrogens with zero attached hydrogens (tertiary/aromatic N) is 1. The molecule has 0 bridgehead atoms. The number of pyridine rings is 1. The van der Waals surface area contributed by atoms with Crippen LogP contribution in [0.4, 0.5) is 0 Å². The van der Waals surface area contributed by atoms with Gasteiger partial charge in [-0.2, -0.15) is 4.57 Å². The van der Waals surface area contributed by atoms with E-state index in [0.717, 1.165) is 6.42 Å². The maximum Gasteiger partial charge on any atom is 0.185 e. The first-order valence-electron chi connectivity index (χ1n) is 5.92. The second-order valence-electron chi connectivity index (χ2n) is 4.35. The van der Waals surface area contributed by atoms with E-state index in [1.807, 2.05) is 30.5 Å². The van der Waals surface area contributed by atoms with Gasteiger partial charge in [0.25, 0.3) is 0 Å². The summed E-state index contributed by atoms with van der Waals surface area (Å²) in [5.41, 5.74) is 2.46. The normalized spacial score (nSPS) is 12.4.